The van der Waals surface area contributed by atoms with Crippen LogP contribution in [0.4, 0.5) is 5.13 Å². The maximum atomic E-state index is 13.4. The van der Waals surface area contributed by atoms with Crippen LogP contribution in [0, 0.1) is 0 Å². The first kappa shape index (κ1) is 36.7. The Morgan fingerprint density at radius 1 is 1.20 bits per heavy atom. The van der Waals surface area contributed by atoms with Gasteiger partial charge in [0.15, 0.2) is 22.3 Å². The van der Waals surface area contributed by atoms with Crippen LogP contribution in [0.15, 0.2) is 33.9 Å². The molecule has 3 aliphatic heterocycles. The minimum absolute atomic E-state index is 0.00112. The van der Waals surface area contributed by atoms with Gasteiger partial charge in [-0.05, 0) is 51.4 Å². The Bertz CT molecular complexity index is 1810. The topological polar surface area (TPSA) is 249 Å². The van der Waals surface area contributed by atoms with Crippen molar-refractivity contribution in [2.75, 3.05) is 38.2 Å². The number of likely N-dealkylation sites (tertiary alicyclic amines) is 1. The van der Waals surface area contributed by atoms with Crippen LogP contribution in [-0.4, -0.2) is 131 Å². The van der Waals surface area contributed by atoms with Gasteiger partial charge in [-0.15, -0.1) is 23.1 Å². The number of carbonyl (C=O) groups excluding carboxylic acids is 3. The van der Waals surface area contributed by atoms with E-state index < -0.39 is 58.0 Å². The summed E-state index contributed by atoms with van der Waals surface area (Å²) in [5.74, 6) is -5.31. The van der Waals surface area contributed by atoms with Crippen molar-refractivity contribution < 1.29 is 49.2 Å². The minimum atomic E-state index is -1.79. The lowest BCUT2D eigenvalue weighted by Crippen LogP contribution is -2.71. The largest absolute Gasteiger partial charge is 0.504 e. The van der Waals surface area contributed by atoms with E-state index in [0.29, 0.717) is 31.5 Å². The Morgan fingerprint density at radius 3 is 2.48 bits per heavy atom. The Labute approximate surface area is 298 Å². The number of nitrogens with one attached hydrogen (secondary N) is 1. The van der Waals surface area contributed by atoms with Gasteiger partial charge in [0, 0.05) is 36.8 Å². The molecule has 0 bridgehead atoms. The number of piperidine rings is 1. The summed E-state index contributed by atoms with van der Waals surface area (Å²) in [7, 11) is 1.83. The zero-order valence-electron chi connectivity index (χ0n) is 27.0. The molecule has 50 heavy (non-hydrogen) atoms. The second-order valence-electron chi connectivity index (χ2n) is 12.3. The van der Waals surface area contributed by atoms with E-state index in [1.54, 1.807) is 4.90 Å². The Morgan fingerprint density at radius 2 is 1.88 bits per heavy atom. The number of carbonyl (C=O) groups is 5. The van der Waals surface area contributed by atoms with Crippen LogP contribution in [0.5, 0.6) is 11.5 Å². The number of nitrogen functional groups attached to an aromatic ring is 1. The number of aromatic nitrogens is 1. The van der Waals surface area contributed by atoms with Gasteiger partial charge in [0.1, 0.15) is 22.8 Å². The number of aromatic hydroxyl groups is 2. The fraction of sp³-hybridized carbons (Fsp3) is 0.433. The third-order valence-electron chi connectivity index (χ3n) is 8.54. The number of amides is 3. The van der Waals surface area contributed by atoms with Crippen molar-refractivity contribution in [1.82, 2.24) is 25.0 Å². The fourth-order valence-corrected chi connectivity index (χ4v) is 7.77. The highest BCUT2D eigenvalue weighted by atomic mass is 35.5. The lowest BCUT2D eigenvalue weighted by atomic mass is 10.00. The molecule has 0 radical (unpaired) electrons. The first-order valence-corrected chi connectivity index (χ1v) is 17.4. The van der Waals surface area contributed by atoms with Crippen molar-refractivity contribution in [2.45, 2.75) is 49.7 Å². The van der Waals surface area contributed by atoms with Crippen LogP contribution in [0.3, 0.4) is 0 Å². The molecule has 7 N–H and O–H groups in total. The third kappa shape index (κ3) is 7.16. The summed E-state index contributed by atoms with van der Waals surface area (Å²) in [6.07, 6.45) is 1.13. The number of halogens is 1. The molecule has 2 aromatic rings. The summed E-state index contributed by atoms with van der Waals surface area (Å²) >= 11 is 8.37. The number of carboxylic acid groups (broad SMARTS) is 2. The predicted octanol–water partition coefficient (Wildman–Crippen LogP) is 1.35. The number of carboxylic acids is 2. The molecule has 17 nitrogen and oxygen atoms in total. The van der Waals surface area contributed by atoms with E-state index in [9.17, 15) is 44.4 Å². The van der Waals surface area contributed by atoms with Gasteiger partial charge in [-0.2, -0.15) is 0 Å². The Balaban J connectivity index is 1.24. The molecule has 0 unspecified atom stereocenters. The SMILES string of the molecule is CN(CC1=C(C(=O)O)N2C(=O)[C@@H](NC(=O)/C(=N\OC(C)(C)C(=O)O)c3csc(N)n3)[C@H]2SC1)C1CCN(C(=O)c2ccc(O)c(O)c2Cl)CC1. The number of anilines is 1. The minimum Gasteiger partial charge on any atom is -0.504 e. The number of hydrogen-bond donors (Lipinski definition) is 6. The van der Waals surface area contributed by atoms with Crippen molar-refractivity contribution in [3.05, 3.63) is 45.1 Å². The Kier molecular flexibility index (Phi) is 10.5. The number of thiazole rings is 1. The number of β-lactam (4-membered cyclic amide) rings is 1. The quantitative estimate of drug-likeness (QED) is 0.0821. The van der Waals surface area contributed by atoms with Crippen molar-refractivity contribution in [3.8, 4) is 11.5 Å². The average Bonchev–Trinajstić information content (AvgIpc) is 3.50. The van der Waals surface area contributed by atoms with Crippen molar-refractivity contribution in [3.63, 3.8) is 0 Å². The van der Waals surface area contributed by atoms with Gasteiger partial charge in [-0.3, -0.25) is 24.2 Å². The molecule has 268 valence electrons. The number of phenols is 2. The second-order valence-corrected chi connectivity index (χ2v) is 14.6. The maximum absolute atomic E-state index is 13.4. The molecular formula is C30H34ClN7O10S2. The summed E-state index contributed by atoms with van der Waals surface area (Å²) in [6, 6.07) is 1.42. The van der Waals surface area contributed by atoms with E-state index in [4.69, 9.17) is 22.2 Å². The van der Waals surface area contributed by atoms with E-state index in [0.717, 1.165) is 16.2 Å². The van der Waals surface area contributed by atoms with Gasteiger partial charge in [-0.25, -0.2) is 14.6 Å². The number of likely N-dealkylation sites (N-methyl/N-ethyl adjacent to an activating group) is 1. The first-order chi connectivity index (χ1) is 23.5. The van der Waals surface area contributed by atoms with E-state index in [2.05, 4.69) is 15.5 Å². The van der Waals surface area contributed by atoms with Gasteiger partial charge in [-0.1, -0.05) is 16.8 Å². The summed E-state index contributed by atoms with van der Waals surface area (Å²) < 4.78 is 0. The smallest absolute Gasteiger partial charge is 0.352 e. The zero-order valence-corrected chi connectivity index (χ0v) is 29.3. The lowest BCUT2D eigenvalue weighted by molar-refractivity contribution is -0.161. The maximum Gasteiger partial charge on any atom is 0.352 e. The predicted molar refractivity (Wildman–Crippen MR) is 182 cm³/mol. The van der Waals surface area contributed by atoms with Crippen LogP contribution in [0.2, 0.25) is 5.02 Å². The molecule has 2 fully saturated rings. The van der Waals surface area contributed by atoms with E-state index in [1.807, 2.05) is 11.9 Å². The molecule has 0 spiro atoms. The molecule has 1 aromatic heterocycles. The lowest BCUT2D eigenvalue weighted by Gasteiger charge is -2.50. The number of benzene rings is 1. The van der Waals surface area contributed by atoms with Gasteiger partial charge >= 0.3 is 11.9 Å². The van der Waals surface area contributed by atoms with Crippen LogP contribution in [-0.2, 0) is 24.0 Å². The van der Waals surface area contributed by atoms with Crippen molar-refractivity contribution in [2.24, 2.45) is 5.16 Å². The fourth-order valence-electron chi connectivity index (χ4n) is 5.64. The van der Waals surface area contributed by atoms with Crippen LogP contribution in [0.25, 0.3) is 0 Å². The number of fused-ring (bicyclic) bond motifs is 1. The molecule has 2 saturated heterocycles. The molecule has 20 heteroatoms. The number of nitrogens with zero attached hydrogens (tertiary/aromatic N) is 5. The van der Waals surface area contributed by atoms with Gasteiger partial charge < -0.3 is 41.2 Å². The van der Waals surface area contributed by atoms with Crippen LogP contribution >= 0.6 is 34.7 Å². The number of hydrogen-bond acceptors (Lipinski definition) is 14. The highest BCUT2D eigenvalue weighted by molar-refractivity contribution is 8.00. The molecule has 2 atom stereocenters. The molecule has 3 amide bonds. The number of aliphatic carboxylic acids is 2. The average molecular weight is 752 g/mol. The summed E-state index contributed by atoms with van der Waals surface area (Å²) in [5.41, 5.74) is 3.92. The zero-order chi connectivity index (χ0) is 36.7. The monoisotopic (exact) mass is 751 g/mol. The van der Waals surface area contributed by atoms with Crippen molar-refractivity contribution in [1.29, 1.82) is 0 Å². The Hall–Kier alpha value is -4.59. The van der Waals surface area contributed by atoms with Crippen LogP contribution < -0.4 is 11.1 Å². The molecule has 1 aromatic carbocycles. The normalized spacial score (nSPS) is 20.0. The molecule has 4 heterocycles. The third-order valence-corrected chi connectivity index (χ3v) is 10.9. The highest BCUT2D eigenvalue weighted by Crippen LogP contribution is 2.41. The highest BCUT2D eigenvalue weighted by Gasteiger charge is 2.54. The molecule has 5 rings (SSSR count). The summed E-state index contributed by atoms with van der Waals surface area (Å²) in [6.45, 7) is 3.44. The number of phenolic OH excluding ortho intramolecular Hbond substituents is 2. The number of oxime groups is 1. The van der Waals surface area contributed by atoms with Gasteiger partial charge in [0.05, 0.1) is 10.6 Å². The number of thioether (sulfide) groups is 1. The summed E-state index contributed by atoms with van der Waals surface area (Å²) in [5, 5.41) is 46.0. The second kappa shape index (κ2) is 14.3. The number of rotatable bonds is 11. The van der Waals surface area contributed by atoms with Crippen LogP contribution in [0.1, 0.15) is 42.7 Å². The molecule has 0 saturated carbocycles. The van der Waals surface area contributed by atoms with E-state index in [1.165, 1.54) is 43.1 Å². The summed E-state index contributed by atoms with van der Waals surface area (Å²) in [4.78, 5) is 77.6. The molecule has 3 aliphatic rings. The molecule has 0 aliphatic carbocycles. The van der Waals surface area contributed by atoms with Gasteiger partial charge in [0.25, 0.3) is 17.7 Å². The van der Waals surface area contributed by atoms with E-state index in [-0.39, 0.29) is 51.4 Å². The van der Waals surface area contributed by atoms with Gasteiger partial charge in [0.2, 0.25) is 5.60 Å². The standard InChI is InChI=1S/C30H34ClN7O10S2/c1-30(2,28(46)47)48-35-19(16-12-50-29(32)33-16)23(41)34-20-25(43)38-21(27(44)45)13(11-49-26(20)38)10-36(3)14-6-8-37(9-7-14)24(42)15-4-5-17(39)22(40)18(15)31/h4-5,12,14,20,26,39-40H,6-11H2,1-3H3,(H2,32,33)(H,34,41)(H,44,45)(H,46,47)/b35-19-/t20-,26-/m1/s1. The van der Waals surface area contributed by atoms with Crippen molar-refractivity contribution >= 4 is 75.2 Å². The molecular weight excluding hydrogens is 718 g/mol. The first-order valence-electron chi connectivity index (χ1n) is 15.1. The van der Waals surface area contributed by atoms with E-state index >= 15 is 0 Å². The number of nitrogens with two attached hydrogens (primary N) is 1.